The van der Waals surface area contributed by atoms with Crippen molar-refractivity contribution in [3.63, 3.8) is 0 Å². The van der Waals surface area contributed by atoms with Crippen LogP contribution in [-0.4, -0.2) is 14.9 Å². The Morgan fingerprint density at radius 3 is 2.71 bits per heavy atom. The van der Waals surface area contributed by atoms with Gasteiger partial charge in [-0.2, -0.15) is 5.10 Å². The SMILES string of the molecule is Cc1ccc(NCc2cn(C)nc2C)cc1O. The lowest BCUT2D eigenvalue weighted by atomic mass is 10.2. The van der Waals surface area contributed by atoms with Gasteiger partial charge in [-0.1, -0.05) is 6.07 Å². The number of aromatic hydroxyl groups is 1. The minimum absolute atomic E-state index is 0.318. The summed E-state index contributed by atoms with van der Waals surface area (Å²) in [6.45, 7) is 4.58. The fourth-order valence-corrected chi connectivity index (χ4v) is 1.74. The van der Waals surface area contributed by atoms with Crippen molar-refractivity contribution in [3.8, 4) is 5.75 Å². The molecule has 0 unspecified atom stereocenters. The van der Waals surface area contributed by atoms with Crippen molar-refractivity contribution >= 4 is 5.69 Å². The number of nitrogens with one attached hydrogen (secondary N) is 1. The van der Waals surface area contributed by atoms with Crippen LogP contribution >= 0.6 is 0 Å². The monoisotopic (exact) mass is 231 g/mol. The summed E-state index contributed by atoms with van der Waals surface area (Å²) < 4.78 is 1.80. The maximum atomic E-state index is 9.60. The van der Waals surface area contributed by atoms with Gasteiger partial charge >= 0.3 is 0 Å². The zero-order valence-electron chi connectivity index (χ0n) is 10.4. The maximum Gasteiger partial charge on any atom is 0.120 e. The average molecular weight is 231 g/mol. The van der Waals surface area contributed by atoms with Gasteiger partial charge in [-0.3, -0.25) is 4.68 Å². The molecule has 4 heteroatoms. The van der Waals surface area contributed by atoms with E-state index >= 15 is 0 Å². The number of nitrogens with zero attached hydrogens (tertiary/aromatic N) is 2. The van der Waals surface area contributed by atoms with Gasteiger partial charge in [0.2, 0.25) is 0 Å². The summed E-state index contributed by atoms with van der Waals surface area (Å²) in [5.41, 5.74) is 3.98. The highest BCUT2D eigenvalue weighted by Crippen LogP contribution is 2.21. The fourth-order valence-electron chi connectivity index (χ4n) is 1.74. The van der Waals surface area contributed by atoms with Crippen LogP contribution in [0.15, 0.2) is 24.4 Å². The molecule has 0 aliphatic carbocycles. The number of phenolic OH excluding ortho intramolecular Hbond substituents is 1. The third-order valence-corrected chi connectivity index (χ3v) is 2.81. The zero-order chi connectivity index (χ0) is 12.4. The van der Waals surface area contributed by atoms with Crippen LogP contribution in [0.2, 0.25) is 0 Å². The lowest BCUT2D eigenvalue weighted by Gasteiger charge is -2.07. The summed E-state index contributed by atoms with van der Waals surface area (Å²) in [6.07, 6.45) is 2.00. The van der Waals surface area contributed by atoms with Gasteiger partial charge in [0.05, 0.1) is 5.69 Å². The second-order valence-electron chi connectivity index (χ2n) is 4.27. The van der Waals surface area contributed by atoms with Gasteiger partial charge in [-0.05, 0) is 25.5 Å². The first-order valence-electron chi connectivity index (χ1n) is 5.59. The Bertz CT molecular complexity index is 531. The van der Waals surface area contributed by atoms with Crippen LogP contribution in [0, 0.1) is 13.8 Å². The molecule has 0 saturated heterocycles. The minimum atomic E-state index is 0.318. The van der Waals surface area contributed by atoms with Crippen LogP contribution < -0.4 is 5.32 Å². The van der Waals surface area contributed by atoms with Crippen molar-refractivity contribution in [2.75, 3.05) is 5.32 Å². The van der Waals surface area contributed by atoms with Crippen molar-refractivity contribution < 1.29 is 5.11 Å². The molecule has 2 aromatic rings. The summed E-state index contributed by atoms with van der Waals surface area (Å²) in [5, 5.41) is 17.2. The van der Waals surface area contributed by atoms with Crippen LogP contribution in [0.5, 0.6) is 5.75 Å². The molecule has 1 heterocycles. The van der Waals surface area contributed by atoms with E-state index in [1.54, 1.807) is 10.7 Å². The molecular weight excluding hydrogens is 214 g/mol. The molecule has 0 spiro atoms. The lowest BCUT2D eigenvalue weighted by molar-refractivity contribution is 0.471. The number of benzene rings is 1. The Kier molecular flexibility index (Phi) is 3.04. The summed E-state index contributed by atoms with van der Waals surface area (Å²) >= 11 is 0. The topological polar surface area (TPSA) is 50.1 Å². The molecule has 0 radical (unpaired) electrons. The molecule has 2 rings (SSSR count). The number of rotatable bonds is 3. The third-order valence-electron chi connectivity index (χ3n) is 2.81. The van der Waals surface area contributed by atoms with Gasteiger partial charge in [0.1, 0.15) is 5.75 Å². The smallest absolute Gasteiger partial charge is 0.120 e. The first kappa shape index (κ1) is 11.5. The molecule has 17 heavy (non-hydrogen) atoms. The molecule has 4 nitrogen and oxygen atoms in total. The highest BCUT2D eigenvalue weighted by Gasteiger charge is 2.03. The molecule has 1 aromatic heterocycles. The van der Waals surface area contributed by atoms with E-state index in [2.05, 4.69) is 10.4 Å². The molecule has 1 aromatic carbocycles. The molecular formula is C13H17N3O. The van der Waals surface area contributed by atoms with E-state index in [9.17, 15) is 5.11 Å². The third kappa shape index (κ3) is 2.58. The normalized spacial score (nSPS) is 10.5. The number of hydrogen-bond donors (Lipinski definition) is 2. The van der Waals surface area contributed by atoms with Crippen molar-refractivity contribution in [2.24, 2.45) is 7.05 Å². The fraction of sp³-hybridized carbons (Fsp3) is 0.308. The number of aryl methyl sites for hydroxylation is 3. The largest absolute Gasteiger partial charge is 0.508 e. The first-order valence-corrected chi connectivity index (χ1v) is 5.59. The second-order valence-corrected chi connectivity index (χ2v) is 4.27. The van der Waals surface area contributed by atoms with Crippen molar-refractivity contribution in [2.45, 2.75) is 20.4 Å². The molecule has 0 aliphatic heterocycles. The summed E-state index contributed by atoms with van der Waals surface area (Å²) in [4.78, 5) is 0. The number of anilines is 1. The van der Waals surface area contributed by atoms with E-state index in [0.717, 1.165) is 22.5 Å². The quantitative estimate of drug-likeness (QED) is 0.852. The van der Waals surface area contributed by atoms with Gasteiger partial charge < -0.3 is 10.4 Å². The number of aromatic nitrogens is 2. The van der Waals surface area contributed by atoms with Gasteiger partial charge in [0.15, 0.2) is 0 Å². The van der Waals surface area contributed by atoms with Crippen LogP contribution in [0.4, 0.5) is 5.69 Å². The summed E-state index contributed by atoms with van der Waals surface area (Å²) in [6, 6.07) is 5.59. The summed E-state index contributed by atoms with van der Waals surface area (Å²) in [5.74, 6) is 0.318. The van der Waals surface area contributed by atoms with Crippen LogP contribution in [-0.2, 0) is 13.6 Å². The Morgan fingerprint density at radius 2 is 2.12 bits per heavy atom. The van der Waals surface area contributed by atoms with E-state index in [-0.39, 0.29) is 0 Å². The highest BCUT2D eigenvalue weighted by atomic mass is 16.3. The van der Waals surface area contributed by atoms with Gasteiger partial charge in [0.25, 0.3) is 0 Å². The second kappa shape index (κ2) is 4.49. The van der Waals surface area contributed by atoms with E-state index in [1.807, 2.05) is 39.2 Å². The Morgan fingerprint density at radius 1 is 1.35 bits per heavy atom. The van der Waals surface area contributed by atoms with E-state index in [4.69, 9.17) is 0 Å². The molecule has 2 N–H and O–H groups in total. The van der Waals surface area contributed by atoms with Gasteiger partial charge in [0, 0.05) is 37.1 Å². The molecule has 0 bridgehead atoms. The van der Waals surface area contributed by atoms with Crippen molar-refractivity contribution in [1.82, 2.24) is 9.78 Å². The molecule has 0 amide bonds. The van der Waals surface area contributed by atoms with Gasteiger partial charge in [-0.15, -0.1) is 0 Å². The van der Waals surface area contributed by atoms with Crippen LogP contribution in [0.25, 0.3) is 0 Å². The number of phenols is 1. The van der Waals surface area contributed by atoms with Crippen LogP contribution in [0.3, 0.4) is 0 Å². The van der Waals surface area contributed by atoms with E-state index < -0.39 is 0 Å². The first-order chi connectivity index (χ1) is 8.06. The molecule has 0 atom stereocenters. The van der Waals surface area contributed by atoms with E-state index in [0.29, 0.717) is 12.3 Å². The lowest BCUT2D eigenvalue weighted by Crippen LogP contribution is -1.99. The molecule has 0 aliphatic rings. The predicted molar refractivity (Wildman–Crippen MR) is 68.1 cm³/mol. The molecule has 90 valence electrons. The van der Waals surface area contributed by atoms with E-state index in [1.165, 1.54) is 0 Å². The predicted octanol–water partition coefficient (Wildman–Crippen LogP) is 2.35. The Balaban J connectivity index is 2.07. The Labute approximate surface area is 101 Å². The highest BCUT2D eigenvalue weighted by molar-refractivity contribution is 5.51. The summed E-state index contributed by atoms with van der Waals surface area (Å²) in [7, 11) is 1.91. The Hall–Kier alpha value is -1.97. The van der Waals surface area contributed by atoms with Crippen molar-refractivity contribution in [3.05, 3.63) is 41.2 Å². The van der Waals surface area contributed by atoms with Crippen molar-refractivity contribution in [1.29, 1.82) is 0 Å². The minimum Gasteiger partial charge on any atom is -0.508 e. The molecule has 0 fully saturated rings. The van der Waals surface area contributed by atoms with Crippen LogP contribution in [0.1, 0.15) is 16.8 Å². The number of hydrogen-bond acceptors (Lipinski definition) is 3. The average Bonchev–Trinajstić information content (AvgIpc) is 2.59. The van der Waals surface area contributed by atoms with Gasteiger partial charge in [-0.25, -0.2) is 0 Å². The zero-order valence-corrected chi connectivity index (χ0v) is 10.4. The maximum absolute atomic E-state index is 9.60. The standard InChI is InChI=1S/C13H17N3O/c1-9-4-5-12(6-13(9)17)14-7-11-8-16(3)15-10(11)2/h4-6,8,14,17H,7H2,1-3H3. The molecule has 0 saturated carbocycles.